The van der Waals surface area contributed by atoms with Gasteiger partial charge in [-0.05, 0) is 35.6 Å². The van der Waals surface area contributed by atoms with E-state index >= 15 is 0 Å². The Bertz CT molecular complexity index is 1230. The van der Waals surface area contributed by atoms with E-state index in [2.05, 4.69) is 5.32 Å². The fraction of sp³-hybridized carbons (Fsp3) is 0.217. The quantitative estimate of drug-likeness (QED) is 0.616. The molecule has 0 radical (unpaired) electrons. The average molecular weight is 438 g/mol. The standard InChI is InChI=1S/C23H23N3O4S/c24-31(29,30)19-10-8-16(9-11-19)12-13-25-23(28)18-14-22(27)26(15-18)21-7-3-5-17-4-1-2-6-20(17)21/h1-11,18H,12-15H2,(H,25,28)(H2,24,29,30)/t18-/m1/s1. The second-order valence-electron chi connectivity index (χ2n) is 7.63. The fourth-order valence-corrected chi connectivity index (χ4v) is 4.40. The molecule has 0 bridgehead atoms. The smallest absolute Gasteiger partial charge is 0.238 e. The number of anilines is 1. The van der Waals surface area contributed by atoms with Crippen molar-refractivity contribution >= 4 is 38.3 Å². The van der Waals surface area contributed by atoms with Crippen molar-refractivity contribution in [1.29, 1.82) is 0 Å². The van der Waals surface area contributed by atoms with Gasteiger partial charge in [-0.15, -0.1) is 0 Å². The molecule has 0 saturated carbocycles. The highest BCUT2D eigenvalue weighted by molar-refractivity contribution is 7.89. The fourth-order valence-electron chi connectivity index (χ4n) is 3.88. The summed E-state index contributed by atoms with van der Waals surface area (Å²) in [6, 6.07) is 19.9. The lowest BCUT2D eigenvalue weighted by Crippen LogP contribution is -2.34. The summed E-state index contributed by atoms with van der Waals surface area (Å²) in [5.74, 6) is -0.622. The van der Waals surface area contributed by atoms with Crippen LogP contribution in [-0.2, 0) is 26.0 Å². The summed E-state index contributed by atoms with van der Waals surface area (Å²) in [5.41, 5.74) is 1.71. The molecule has 3 aromatic rings. The number of carbonyl (C=O) groups is 2. The Kier molecular flexibility index (Phi) is 5.75. The number of nitrogens with zero attached hydrogens (tertiary/aromatic N) is 1. The molecule has 3 N–H and O–H groups in total. The van der Waals surface area contributed by atoms with Crippen LogP contribution in [0.2, 0.25) is 0 Å². The van der Waals surface area contributed by atoms with Crippen LogP contribution in [0.4, 0.5) is 5.69 Å². The second-order valence-corrected chi connectivity index (χ2v) is 9.20. The van der Waals surface area contributed by atoms with Gasteiger partial charge in [-0.2, -0.15) is 0 Å². The molecule has 8 heteroatoms. The van der Waals surface area contributed by atoms with Gasteiger partial charge in [-0.25, -0.2) is 13.6 Å². The highest BCUT2D eigenvalue weighted by Crippen LogP contribution is 2.31. The van der Waals surface area contributed by atoms with Gasteiger partial charge in [-0.1, -0.05) is 48.5 Å². The number of nitrogens with two attached hydrogens (primary N) is 1. The van der Waals surface area contributed by atoms with E-state index in [4.69, 9.17) is 5.14 Å². The van der Waals surface area contributed by atoms with Crippen molar-refractivity contribution in [3.63, 3.8) is 0 Å². The van der Waals surface area contributed by atoms with Gasteiger partial charge in [0, 0.05) is 24.9 Å². The Balaban J connectivity index is 1.36. The summed E-state index contributed by atoms with van der Waals surface area (Å²) in [6.45, 7) is 0.744. The molecule has 1 aliphatic rings. The van der Waals surface area contributed by atoms with Crippen molar-refractivity contribution in [3.05, 3.63) is 72.3 Å². The van der Waals surface area contributed by atoms with Gasteiger partial charge in [-0.3, -0.25) is 9.59 Å². The lowest BCUT2D eigenvalue weighted by atomic mass is 10.1. The van der Waals surface area contributed by atoms with E-state index in [0.29, 0.717) is 19.5 Å². The summed E-state index contributed by atoms with van der Waals surface area (Å²) in [5, 5.41) is 10.0. The minimum absolute atomic E-state index is 0.0540. The molecule has 3 aromatic carbocycles. The van der Waals surface area contributed by atoms with Crippen LogP contribution in [0.5, 0.6) is 0 Å². The van der Waals surface area contributed by atoms with Crippen molar-refractivity contribution in [1.82, 2.24) is 5.32 Å². The third-order valence-corrected chi connectivity index (χ3v) is 6.45. The predicted molar refractivity (Wildman–Crippen MR) is 119 cm³/mol. The molecular formula is C23H23N3O4S. The van der Waals surface area contributed by atoms with Crippen LogP contribution < -0.4 is 15.4 Å². The highest BCUT2D eigenvalue weighted by Gasteiger charge is 2.35. The number of nitrogens with one attached hydrogen (secondary N) is 1. The minimum Gasteiger partial charge on any atom is -0.355 e. The van der Waals surface area contributed by atoms with Crippen molar-refractivity contribution in [3.8, 4) is 0 Å². The molecule has 1 heterocycles. The lowest BCUT2D eigenvalue weighted by Gasteiger charge is -2.19. The third-order valence-electron chi connectivity index (χ3n) is 5.52. The number of carbonyl (C=O) groups excluding carboxylic acids is 2. The molecule has 1 fully saturated rings. The first-order valence-corrected chi connectivity index (χ1v) is 11.5. The Hall–Kier alpha value is -3.23. The molecule has 1 saturated heterocycles. The molecule has 1 aliphatic heterocycles. The number of fused-ring (bicyclic) bond motifs is 1. The summed E-state index contributed by atoms with van der Waals surface area (Å²) in [7, 11) is -3.72. The monoisotopic (exact) mass is 437 g/mol. The zero-order valence-corrected chi connectivity index (χ0v) is 17.6. The number of primary sulfonamides is 1. The molecule has 1 atom stereocenters. The van der Waals surface area contributed by atoms with Crippen molar-refractivity contribution < 1.29 is 18.0 Å². The van der Waals surface area contributed by atoms with Gasteiger partial charge >= 0.3 is 0 Å². The van der Waals surface area contributed by atoms with Crippen LogP contribution in [-0.4, -0.2) is 33.3 Å². The van der Waals surface area contributed by atoms with Gasteiger partial charge < -0.3 is 10.2 Å². The number of hydrogen-bond donors (Lipinski definition) is 2. The number of amides is 2. The summed E-state index contributed by atoms with van der Waals surface area (Å²) < 4.78 is 22.6. The van der Waals surface area contributed by atoms with Crippen LogP contribution >= 0.6 is 0 Å². The zero-order chi connectivity index (χ0) is 22.0. The van der Waals surface area contributed by atoms with Crippen molar-refractivity contribution in [2.75, 3.05) is 18.0 Å². The van der Waals surface area contributed by atoms with Crippen LogP contribution in [0, 0.1) is 5.92 Å². The first-order chi connectivity index (χ1) is 14.8. The Morgan fingerprint density at radius 2 is 1.74 bits per heavy atom. The molecule has 0 aliphatic carbocycles. The van der Waals surface area contributed by atoms with Gasteiger partial charge in [0.15, 0.2) is 0 Å². The molecule has 2 amide bonds. The molecule has 7 nitrogen and oxygen atoms in total. The van der Waals surface area contributed by atoms with E-state index in [0.717, 1.165) is 22.0 Å². The Labute approximate surface area is 180 Å². The second kappa shape index (κ2) is 8.49. The predicted octanol–water partition coefficient (Wildman–Crippen LogP) is 2.20. The van der Waals surface area contributed by atoms with Crippen LogP contribution in [0.1, 0.15) is 12.0 Å². The molecule has 31 heavy (non-hydrogen) atoms. The normalized spacial score (nSPS) is 16.6. The molecule has 0 unspecified atom stereocenters. The number of rotatable bonds is 6. The van der Waals surface area contributed by atoms with Gasteiger partial charge in [0.25, 0.3) is 0 Å². The zero-order valence-electron chi connectivity index (χ0n) is 16.8. The first kappa shape index (κ1) is 21.0. The number of sulfonamides is 1. The number of hydrogen-bond acceptors (Lipinski definition) is 4. The SMILES string of the molecule is NS(=O)(=O)c1ccc(CCNC(=O)[C@@H]2CC(=O)N(c3cccc4ccccc34)C2)cc1. The van der Waals surface area contributed by atoms with Gasteiger partial charge in [0.2, 0.25) is 21.8 Å². The van der Waals surface area contributed by atoms with E-state index in [1.807, 2.05) is 42.5 Å². The van der Waals surface area contributed by atoms with Crippen LogP contribution in [0.25, 0.3) is 10.8 Å². The van der Waals surface area contributed by atoms with Gasteiger partial charge in [0.05, 0.1) is 16.5 Å². The Morgan fingerprint density at radius 1 is 1.03 bits per heavy atom. The molecule has 0 spiro atoms. The topological polar surface area (TPSA) is 110 Å². The minimum atomic E-state index is -3.72. The van der Waals surface area contributed by atoms with E-state index in [1.54, 1.807) is 17.0 Å². The Morgan fingerprint density at radius 3 is 2.48 bits per heavy atom. The maximum absolute atomic E-state index is 12.6. The highest BCUT2D eigenvalue weighted by atomic mass is 32.2. The molecule has 0 aromatic heterocycles. The van der Waals surface area contributed by atoms with E-state index in [9.17, 15) is 18.0 Å². The maximum Gasteiger partial charge on any atom is 0.238 e. The first-order valence-electron chi connectivity index (χ1n) is 10.0. The van der Waals surface area contributed by atoms with Crippen LogP contribution in [0.15, 0.2) is 71.6 Å². The summed E-state index contributed by atoms with van der Waals surface area (Å²) in [6.07, 6.45) is 0.725. The van der Waals surface area contributed by atoms with Crippen molar-refractivity contribution in [2.45, 2.75) is 17.7 Å². The average Bonchev–Trinajstić information content (AvgIpc) is 3.14. The summed E-state index contributed by atoms with van der Waals surface area (Å²) in [4.78, 5) is 27.0. The largest absolute Gasteiger partial charge is 0.355 e. The van der Waals surface area contributed by atoms with Gasteiger partial charge in [0.1, 0.15) is 0 Å². The summed E-state index contributed by atoms with van der Waals surface area (Å²) >= 11 is 0. The maximum atomic E-state index is 12.6. The number of benzene rings is 3. The van der Waals surface area contributed by atoms with E-state index in [-0.39, 0.29) is 23.1 Å². The van der Waals surface area contributed by atoms with Crippen molar-refractivity contribution in [2.24, 2.45) is 11.1 Å². The molecule has 160 valence electrons. The van der Waals surface area contributed by atoms with E-state index in [1.165, 1.54) is 12.1 Å². The molecular weight excluding hydrogens is 414 g/mol. The third kappa shape index (κ3) is 4.60. The van der Waals surface area contributed by atoms with Crippen LogP contribution in [0.3, 0.4) is 0 Å². The lowest BCUT2D eigenvalue weighted by molar-refractivity contribution is -0.126. The van der Waals surface area contributed by atoms with E-state index < -0.39 is 15.9 Å². The molecule has 4 rings (SSSR count).